The van der Waals surface area contributed by atoms with Crippen LogP contribution in [0.2, 0.25) is 0 Å². The van der Waals surface area contributed by atoms with E-state index < -0.39 is 5.97 Å². The first-order valence-electron chi connectivity index (χ1n) is 4.94. The van der Waals surface area contributed by atoms with Gasteiger partial charge in [-0.3, -0.25) is 9.67 Å². The molecule has 0 aliphatic rings. The Morgan fingerprint density at radius 1 is 1.44 bits per heavy atom. The standard InChI is InChI=1S/C11H11N3O2/c1-2-14-10(11(15)16)7-9(13-14)8-3-5-12-6-4-8/h3-7H,2H2,1H3,(H,15,16). The zero-order valence-corrected chi connectivity index (χ0v) is 8.79. The maximum Gasteiger partial charge on any atom is 0.354 e. The molecule has 0 unspecified atom stereocenters. The highest BCUT2D eigenvalue weighted by Gasteiger charge is 2.13. The fraction of sp³-hybridized carbons (Fsp3) is 0.182. The highest BCUT2D eigenvalue weighted by Crippen LogP contribution is 2.18. The molecule has 0 atom stereocenters. The second-order valence-electron chi connectivity index (χ2n) is 3.27. The van der Waals surface area contributed by atoms with E-state index in [4.69, 9.17) is 5.11 Å². The molecular weight excluding hydrogens is 206 g/mol. The van der Waals surface area contributed by atoms with Crippen LogP contribution >= 0.6 is 0 Å². The van der Waals surface area contributed by atoms with Gasteiger partial charge < -0.3 is 5.11 Å². The van der Waals surface area contributed by atoms with Crippen molar-refractivity contribution in [2.24, 2.45) is 0 Å². The van der Waals surface area contributed by atoms with Crippen LogP contribution in [0.25, 0.3) is 11.3 Å². The summed E-state index contributed by atoms with van der Waals surface area (Å²) in [6.45, 7) is 2.39. The van der Waals surface area contributed by atoms with E-state index >= 15 is 0 Å². The summed E-state index contributed by atoms with van der Waals surface area (Å²) >= 11 is 0. The van der Waals surface area contributed by atoms with Gasteiger partial charge in [-0.05, 0) is 25.1 Å². The molecule has 2 aromatic heterocycles. The number of hydrogen-bond acceptors (Lipinski definition) is 3. The van der Waals surface area contributed by atoms with Crippen molar-refractivity contribution in [1.29, 1.82) is 0 Å². The fourth-order valence-corrected chi connectivity index (χ4v) is 1.49. The summed E-state index contributed by atoms with van der Waals surface area (Å²) in [4.78, 5) is 14.9. The Morgan fingerprint density at radius 2 is 2.12 bits per heavy atom. The van der Waals surface area contributed by atoms with Crippen molar-refractivity contribution in [2.45, 2.75) is 13.5 Å². The van der Waals surface area contributed by atoms with Crippen LogP contribution in [-0.2, 0) is 6.54 Å². The second kappa shape index (κ2) is 4.14. The van der Waals surface area contributed by atoms with E-state index in [9.17, 15) is 4.79 Å². The van der Waals surface area contributed by atoms with E-state index in [0.29, 0.717) is 12.2 Å². The van der Waals surface area contributed by atoms with Crippen molar-refractivity contribution >= 4 is 5.97 Å². The van der Waals surface area contributed by atoms with Crippen LogP contribution in [0.1, 0.15) is 17.4 Å². The molecule has 0 saturated heterocycles. The summed E-state index contributed by atoms with van der Waals surface area (Å²) in [7, 11) is 0. The van der Waals surface area contributed by atoms with E-state index in [1.54, 1.807) is 30.6 Å². The topological polar surface area (TPSA) is 68.0 Å². The number of aromatic carboxylic acids is 1. The summed E-state index contributed by atoms with van der Waals surface area (Å²) in [5.41, 5.74) is 1.72. The molecule has 0 aliphatic carbocycles. The van der Waals surface area contributed by atoms with E-state index in [1.807, 2.05) is 6.92 Å². The molecule has 16 heavy (non-hydrogen) atoms. The van der Waals surface area contributed by atoms with Gasteiger partial charge >= 0.3 is 5.97 Å². The first kappa shape index (κ1) is 10.4. The quantitative estimate of drug-likeness (QED) is 0.849. The molecule has 0 saturated carbocycles. The minimum absolute atomic E-state index is 0.203. The first-order valence-corrected chi connectivity index (χ1v) is 4.94. The van der Waals surface area contributed by atoms with Crippen LogP contribution in [-0.4, -0.2) is 25.8 Å². The molecule has 0 spiro atoms. The highest BCUT2D eigenvalue weighted by atomic mass is 16.4. The molecule has 1 N–H and O–H groups in total. The molecule has 0 fully saturated rings. The summed E-state index contributed by atoms with van der Waals surface area (Å²) in [5, 5.41) is 13.2. The van der Waals surface area contributed by atoms with Gasteiger partial charge in [0, 0.05) is 24.5 Å². The van der Waals surface area contributed by atoms with Gasteiger partial charge in [0.2, 0.25) is 0 Å². The lowest BCUT2D eigenvalue weighted by Gasteiger charge is -1.97. The van der Waals surface area contributed by atoms with Crippen LogP contribution in [0.5, 0.6) is 0 Å². The van der Waals surface area contributed by atoms with E-state index in [-0.39, 0.29) is 5.69 Å². The molecule has 0 bridgehead atoms. The van der Waals surface area contributed by atoms with Crippen molar-refractivity contribution in [1.82, 2.24) is 14.8 Å². The van der Waals surface area contributed by atoms with Crippen LogP contribution in [0, 0.1) is 0 Å². The fourth-order valence-electron chi connectivity index (χ4n) is 1.49. The number of aryl methyl sites for hydroxylation is 1. The number of rotatable bonds is 3. The van der Waals surface area contributed by atoms with Gasteiger partial charge in [-0.15, -0.1) is 0 Å². The minimum atomic E-state index is -0.963. The Kier molecular flexibility index (Phi) is 2.68. The molecule has 0 radical (unpaired) electrons. The Balaban J connectivity index is 2.48. The van der Waals surface area contributed by atoms with Gasteiger partial charge in [0.15, 0.2) is 0 Å². The molecule has 2 aromatic rings. The number of hydrogen-bond donors (Lipinski definition) is 1. The number of carbonyl (C=O) groups is 1. The lowest BCUT2D eigenvalue weighted by molar-refractivity contribution is 0.0683. The molecule has 2 heterocycles. The maximum atomic E-state index is 11.0. The van der Waals surface area contributed by atoms with Crippen molar-refractivity contribution in [3.63, 3.8) is 0 Å². The monoisotopic (exact) mass is 217 g/mol. The number of pyridine rings is 1. The molecule has 5 heteroatoms. The summed E-state index contributed by atoms with van der Waals surface area (Å²) in [6.07, 6.45) is 3.31. The molecule has 2 rings (SSSR count). The maximum absolute atomic E-state index is 11.0. The average Bonchev–Trinajstić information content (AvgIpc) is 2.74. The van der Waals surface area contributed by atoms with Gasteiger partial charge in [0.05, 0.1) is 5.69 Å². The van der Waals surface area contributed by atoms with Crippen LogP contribution < -0.4 is 0 Å². The zero-order chi connectivity index (χ0) is 11.5. The van der Waals surface area contributed by atoms with E-state index in [0.717, 1.165) is 5.56 Å². The average molecular weight is 217 g/mol. The Hall–Kier alpha value is -2.17. The summed E-state index contributed by atoms with van der Waals surface area (Å²) < 4.78 is 1.47. The Morgan fingerprint density at radius 3 is 2.62 bits per heavy atom. The lowest BCUT2D eigenvalue weighted by Crippen LogP contribution is -2.07. The minimum Gasteiger partial charge on any atom is -0.477 e. The van der Waals surface area contributed by atoms with Gasteiger partial charge in [-0.25, -0.2) is 4.79 Å². The summed E-state index contributed by atoms with van der Waals surface area (Å²) in [5.74, 6) is -0.963. The molecule has 0 amide bonds. The zero-order valence-electron chi connectivity index (χ0n) is 8.79. The number of aromatic nitrogens is 3. The largest absolute Gasteiger partial charge is 0.477 e. The molecular formula is C11H11N3O2. The Labute approximate surface area is 92.4 Å². The molecule has 0 aliphatic heterocycles. The van der Waals surface area contributed by atoms with E-state index in [1.165, 1.54) is 4.68 Å². The highest BCUT2D eigenvalue weighted by molar-refractivity contribution is 5.87. The van der Waals surface area contributed by atoms with Crippen LogP contribution in [0.4, 0.5) is 0 Å². The third-order valence-electron chi connectivity index (χ3n) is 2.27. The SMILES string of the molecule is CCn1nc(-c2ccncc2)cc1C(=O)O. The number of carboxylic acids is 1. The predicted molar refractivity (Wildman–Crippen MR) is 58.1 cm³/mol. The predicted octanol–water partition coefficient (Wildman–Crippen LogP) is 1.66. The molecule has 0 aromatic carbocycles. The first-order chi connectivity index (χ1) is 7.72. The number of carboxylic acid groups (broad SMARTS) is 1. The third kappa shape index (κ3) is 1.79. The molecule has 5 nitrogen and oxygen atoms in total. The Bertz CT molecular complexity index is 505. The van der Waals surface area contributed by atoms with Crippen molar-refractivity contribution in [3.05, 3.63) is 36.3 Å². The number of nitrogens with zero attached hydrogens (tertiary/aromatic N) is 3. The van der Waals surface area contributed by atoms with Gasteiger partial charge in [-0.1, -0.05) is 0 Å². The van der Waals surface area contributed by atoms with Crippen molar-refractivity contribution < 1.29 is 9.90 Å². The van der Waals surface area contributed by atoms with Gasteiger partial charge in [0.1, 0.15) is 5.69 Å². The van der Waals surface area contributed by atoms with Crippen molar-refractivity contribution in [2.75, 3.05) is 0 Å². The smallest absolute Gasteiger partial charge is 0.354 e. The normalized spacial score (nSPS) is 10.3. The van der Waals surface area contributed by atoms with Crippen LogP contribution in [0.3, 0.4) is 0 Å². The summed E-state index contributed by atoms with van der Waals surface area (Å²) in [6, 6.07) is 5.17. The van der Waals surface area contributed by atoms with E-state index in [2.05, 4.69) is 10.1 Å². The third-order valence-corrected chi connectivity index (χ3v) is 2.27. The van der Waals surface area contributed by atoms with Crippen LogP contribution in [0.15, 0.2) is 30.6 Å². The second-order valence-corrected chi connectivity index (χ2v) is 3.27. The lowest BCUT2D eigenvalue weighted by atomic mass is 10.2. The van der Waals surface area contributed by atoms with Crippen molar-refractivity contribution in [3.8, 4) is 11.3 Å². The van der Waals surface area contributed by atoms with Gasteiger partial charge in [0.25, 0.3) is 0 Å². The van der Waals surface area contributed by atoms with Gasteiger partial charge in [-0.2, -0.15) is 5.10 Å². The molecule has 82 valence electrons.